The van der Waals surface area contributed by atoms with E-state index >= 15 is 0 Å². The van der Waals surface area contributed by atoms with Gasteiger partial charge in [-0.05, 0) is 63.5 Å². The number of para-hydroxylation sites is 1. The van der Waals surface area contributed by atoms with Crippen LogP contribution in [-0.2, 0) is 29.6 Å². The number of carbonyl (C=O) groups is 3. The van der Waals surface area contributed by atoms with E-state index in [9.17, 15) is 29.2 Å². The van der Waals surface area contributed by atoms with Crippen LogP contribution < -0.4 is 15.5 Å². The van der Waals surface area contributed by atoms with Crippen LogP contribution in [0.2, 0.25) is 0 Å². The van der Waals surface area contributed by atoms with Gasteiger partial charge in [0.25, 0.3) is 0 Å². The van der Waals surface area contributed by atoms with Gasteiger partial charge >= 0.3 is 13.7 Å². The van der Waals surface area contributed by atoms with Crippen molar-refractivity contribution in [2.75, 3.05) is 24.7 Å². The van der Waals surface area contributed by atoms with Crippen LogP contribution in [0.1, 0.15) is 83.6 Å². The molecule has 3 rings (SSSR count). The Morgan fingerprint density at radius 3 is 2.37 bits per heavy atom. The standard InChI is InChI=1S/C29H46N3O8P/c1-3-39-41(38,40-4-2)28(35)23(30-27(34)24(31-29(36)37)20-21-12-6-5-7-13-21)17-18-26(33)32-19-11-10-15-22-14-8-9-16-25(22)32/h8-9,14,16,21,23-24,28,31,35H,3-7,10-13,15,17-20H2,1-2H3,(H,30,34)(H,36,37)/t23-,24-,28?/m0/s1. The van der Waals surface area contributed by atoms with Gasteiger partial charge in [-0.25, -0.2) is 4.79 Å². The lowest BCUT2D eigenvalue weighted by Crippen LogP contribution is -2.53. The number of aliphatic hydroxyl groups excluding tert-OH is 1. The van der Waals surface area contributed by atoms with Gasteiger partial charge in [0.15, 0.2) is 5.85 Å². The van der Waals surface area contributed by atoms with Crippen LogP contribution in [0.4, 0.5) is 10.5 Å². The first-order valence-electron chi connectivity index (χ1n) is 14.9. The molecule has 1 aromatic carbocycles. The van der Waals surface area contributed by atoms with E-state index in [2.05, 4.69) is 10.6 Å². The van der Waals surface area contributed by atoms with Crippen molar-refractivity contribution in [3.05, 3.63) is 29.8 Å². The molecule has 1 aromatic rings. The van der Waals surface area contributed by atoms with Gasteiger partial charge in [0.1, 0.15) is 6.04 Å². The summed E-state index contributed by atoms with van der Waals surface area (Å²) in [5.41, 5.74) is 1.94. The van der Waals surface area contributed by atoms with Gasteiger partial charge in [0, 0.05) is 18.7 Å². The molecule has 41 heavy (non-hydrogen) atoms. The van der Waals surface area contributed by atoms with Crippen LogP contribution in [0.3, 0.4) is 0 Å². The van der Waals surface area contributed by atoms with Crippen LogP contribution in [0.5, 0.6) is 0 Å². The summed E-state index contributed by atoms with van der Waals surface area (Å²) in [7, 11) is -4.09. The number of benzene rings is 1. The lowest BCUT2D eigenvalue weighted by molar-refractivity contribution is -0.125. The Bertz CT molecular complexity index is 1050. The van der Waals surface area contributed by atoms with Crippen LogP contribution in [0, 0.1) is 5.92 Å². The predicted molar refractivity (Wildman–Crippen MR) is 156 cm³/mol. The zero-order valence-electron chi connectivity index (χ0n) is 24.3. The Morgan fingerprint density at radius 2 is 1.71 bits per heavy atom. The number of anilines is 1. The first-order valence-corrected chi connectivity index (χ1v) is 16.5. The maximum Gasteiger partial charge on any atom is 0.405 e. The Kier molecular flexibility index (Phi) is 13.1. The second-order valence-electron chi connectivity index (χ2n) is 10.8. The second kappa shape index (κ2) is 16.2. The number of hydrogen-bond donors (Lipinski definition) is 4. The molecule has 12 heteroatoms. The number of carbonyl (C=O) groups excluding carboxylic acids is 2. The molecule has 1 saturated carbocycles. The number of rotatable bonds is 14. The molecule has 1 unspecified atom stereocenters. The first kappa shape index (κ1) is 33.0. The Balaban J connectivity index is 1.81. The normalized spacial score (nSPS) is 18.5. The number of nitrogens with zero attached hydrogens (tertiary/aromatic N) is 1. The number of fused-ring (bicyclic) bond motifs is 1. The number of nitrogens with one attached hydrogen (secondary N) is 2. The van der Waals surface area contributed by atoms with Crippen molar-refractivity contribution < 1.29 is 38.2 Å². The zero-order chi connectivity index (χ0) is 29.8. The molecule has 1 aliphatic heterocycles. The Hall–Kier alpha value is -2.46. The van der Waals surface area contributed by atoms with Gasteiger partial charge in [-0.1, -0.05) is 50.3 Å². The zero-order valence-corrected chi connectivity index (χ0v) is 25.2. The number of amides is 3. The second-order valence-corrected chi connectivity index (χ2v) is 12.9. The topological polar surface area (TPSA) is 154 Å². The molecule has 0 radical (unpaired) electrons. The highest BCUT2D eigenvalue weighted by molar-refractivity contribution is 7.54. The van der Waals surface area contributed by atoms with Gasteiger partial charge in [0.2, 0.25) is 11.8 Å². The molecule has 0 spiro atoms. The van der Waals surface area contributed by atoms with Crippen molar-refractivity contribution in [1.82, 2.24) is 10.6 Å². The molecule has 3 atom stereocenters. The molecule has 1 aliphatic carbocycles. The van der Waals surface area contributed by atoms with Gasteiger partial charge < -0.3 is 34.8 Å². The fraction of sp³-hybridized carbons (Fsp3) is 0.690. The highest BCUT2D eigenvalue weighted by Crippen LogP contribution is 2.53. The summed E-state index contributed by atoms with van der Waals surface area (Å²) in [6, 6.07) is 5.52. The molecule has 0 aromatic heterocycles. The molecule has 0 saturated heterocycles. The van der Waals surface area contributed by atoms with E-state index in [4.69, 9.17) is 9.05 Å². The van der Waals surface area contributed by atoms with Crippen molar-refractivity contribution in [2.45, 2.75) is 102 Å². The smallest absolute Gasteiger partial charge is 0.405 e. The number of aryl methyl sites for hydroxylation is 1. The molecule has 1 fully saturated rings. The summed E-state index contributed by atoms with van der Waals surface area (Å²) in [5.74, 6) is -2.39. The summed E-state index contributed by atoms with van der Waals surface area (Å²) < 4.78 is 24.2. The van der Waals surface area contributed by atoms with Crippen LogP contribution in [0.15, 0.2) is 24.3 Å². The van der Waals surface area contributed by atoms with Crippen molar-refractivity contribution in [2.24, 2.45) is 5.92 Å². The summed E-state index contributed by atoms with van der Waals surface area (Å²) in [6.07, 6.45) is 6.57. The van der Waals surface area contributed by atoms with Crippen molar-refractivity contribution in [3.8, 4) is 0 Å². The van der Waals surface area contributed by atoms with Gasteiger partial charge in [0.05, 0.1) is 19.3 Å². The van der Waals surface area contributed by atoms with E-state index in [1.165, 1.54) is 0 Å². The lowest BCUT2D eigenvalue weighted by atomic mass is 9.84. The molecule has 230 valence electrons. The Morgan fingerprint density at radius 1 is 1.02 bits per heavy atom. The molecule has 2 aliphatic rings. The van der Waals surface area contributed by atoms with E-state index in [0.717, 1.165) is 62.6 Å². The van der Waals surface area contributed by atoms with Gasteiger partial charge in [-0.2, -0.15) is 0 Å². The minimum absolute atomic E-state index is 0.00334. The summed E-state index contributed by atoms with van der Waals surface area (Å²) in [5, 5.41) is 25.7. The third-order valence-corrected chi connectivity index (χ3v) is 10.1. The third-order valence-electron chi connectivity index (χ3n) is 7.87. The highest BCUT2D eigenvalue weighted by atomic mass is 31.2. The van der Waals surface area contributed by atoms with Crippen molar-refractivity contribution in [1.29, 1.82) is 0 Å². The van der Waals surface area contributed by atoms with Crippen molar-refractivity contribution in [3.63, 3.8) is 0 Å². The fourth-order valence-electron chi connectivity index (χ4n) is 5.85. The van der Waals surface area contributed by atoms with Crippen molar-refractivity contribution >= 4 is 31.2 Å². The largest absolute Gasteiger partial charge is 0.465 e. The van der Waals surface area contributed by atoms with Crippen LogP contribution in [0.25, 0.3) is 0 Å². The molecule has 4 N–H and O–H groups in total. The van der Waals surface area contributed by atoms with Crippen LogP contribution >= 0.6 is 7.60 Å². The molecule has 0 bridgehead atoms. The van der Waals surface area contributed by atoms with E-state index in [1.807, 2.05) is 24.3 Å². The SMILES string of the molecule is CCOP(=O)(OCC)C(O)[C@H](CCC(=O)N1CCCCc2ccccc21)NC(=O)[C@H](CC1CCCCC1)NC(=O)O. The molecular formula is C29H46N3O8P. The average molecular weight is 596 g/mol. The van der Waals surface area contributed by atoms with Gasteiger partial charge in [-0.15, -0.1) is 0 Å². The minimum atomic E-state index is -4.09. The summed E-state index contributed by atoms with van der Waals surface area (Å²) >= 11 is 0. The number of hydrogen-bond acceptors (Lipinski definition) is 7. The highest BCUT2D eigenvalue weighted by Gasteiger charge is 2.42. The van der Waals surface area contributed by atoms with E-state index in [1.54, 1.807) is 18.7 Å². The first-order chi connectivity index (χ1) is 19.7. The molecule has 11 nitrogen and oxygen atoms in total. The number of aliphatic hydroxyl groups is 1. The maximum absolute atomic E-state index is 13.5. The minimum Gasteiger partial charge on any atom is -0.465 e. The average Bonchev–Trinajstić information content (AvgIpc) is 3.17. The summed E-state index contributed by atoms with van der Waals surface area (Å²) in [6.45, 7) is 3.79. The predicted octanol–water partition coefficient (Wildman–Crippen LogP) is 4.81. The van der Waals surface area contributed by atoms with E-state index in [0.29, 0.717) is 13.0 Å². The maximum atomic E-state index is 13.5. The quantitative estimate of drug-likeness (QED) is 0.223. The fourth-order valence-corrected chi connectivity index (χ4v) is 7.61. The number of carboxylic acid groups (broad SMARTS) is 1. The Labute approximate surface area is 242 Å². The van der Waals surface area contributed by atoms with E-state index < -0.39 is 37.5 Å². The summed E-state index contributed by atoms with van der Waals surface area (Å²) in [4.78, 5) is 40.2. The third kappa shape index (κ3) is 9.53. The van der Waals surface area contributed by atoms with Gasteiger partial charge in [-0.3, -0.25) is 14.2 Å². The molecule has 3 amide bonds. The molecular weight excluding hydrogens is 549 g/mol. The monoisotopic (exact) mass is 595 g/mol. The van der Waals surface area contributed by atoms with E-state index in [-0.39, 0.29) is 37.9 Å². The molecule has 1 heterocycles. The van der Waals surface area contributed by atoms with Crippen LogP contribution in [-0.4, -0.2) is 65.8 Å². The lowest BCUT2D eigenvalue weighted by Gasteiger charge is -2.32.